The molecule has 0 radical (unpaired) electrons. The van der Waals surface area contributed by atoms with E-state index in [1.807, 2.05) is 42.0 Å². The van der Waals surface area contributed by atoms with E-state index in [0.29, 0.717) is 6.54 Å². The van der Waals surface area contributed by atoms with E-state index < -0.39 is 0 Å². The molecular weight excluding hydrogens is 487 g/mol. The first-order chi connectivity index (χ1) is 13.3. The number of nitrogens with zero attached hydrogens (tertiary/aromatic N) is 7. The Labute approximate surface area is 185 Å². The second-order valence-electron chi connectivity index (χ2n) is 6.42. The molecule has 3 aromatic heterocycles. The molecule has 0 atom stereocenters. The summed E-state index contributed by atoms with van der Waals surface area (Å²) >= 11 is 1.50. The van der Waals surface area contributed by atoms with Crippen LogP contribution in [0.25, 0.3) is 5.65 Å². The smallest absolute Gasteiger partial charge is 0.205 e. The summed E-state index contributed by atoms with van der Waals surface area (Å²) in [6.45, 7) is 6.41. The molecule has 1 aliphatic heterocycles. The number of aryl methyl sites for hydroxylation is 1. The highest BCUT2D eigenvalue weighted by Crippen LogP contribution is 2.19. The van der Waals surface area contributed by atoms with Gasteiger partial charge in [-0.3, -0.25) is 4.99 Å². The van der Waals surface area contributed by atoms with Crippen molar-refractivity contribution < 1.29 is 0 Å². The van der Waals surface area contributed by atoms with E-state index in [4.69, 9.17) is 0 Å². The number of guanidine groups is 1. The zero-order chi connectivity index (χ0) is 18.6. The van der Waals surface area contributed by atoms with Crippen LogP contribution in [0.2, 0.25) is 0 Å². The quantitative estimate of drug-likeness (QED) is 0.329. The Kier molecular flexibility index (Phi) is 7.05. The molecule has 150 valence electrons. The van der Waals surface area contributed by atoms with Gasteiger partial charge in [-0.05, 0) is 12.1 Å². The number of imidazole rings is 1. The summed E-state index contributed by atoms with van der Waals surface area (Å²) < 4.78 is 6.42. The van der Waals surface area contributed by atoms with Crippen LogP contribution < -0.4 is 10.2 Å². The molecule has 1 fully saturated rings. The number of anilines is 1. The van der Waals surface area contributed by atoms with Crippen molar-refractivity contribution in [3.8, 4) is 0 Å². The molecule has 0 aromatic carbocycles. The minimum absolute atomic E-state index is 0. The second kappa shape index (κ2) is 9.50. The predicted octanol–water partition coefficient (Wildman–Crippen LogP) is 2.26. The van der Waals surface area contributed by atoms with Crippen LogP contribution in [0.3, 0.4) is 0 Å². The SMILES string of the molecule is CCc1nsc(N2CCN(C(=NC)NCc3cn4ccccc4n3)CC2)n1.I. The number of pyridine rings is 1. The monoisotopic (exact) mass is 512 g/mol. The van der Waals surface area contributed by atoms with Crippen molar-refractivity contribution in [3.05, 3.63) is 42.1 Å². The Hall–Kier alpha value is -1.95. The van der Waals surface area contributed by atoms with Gasteiger partial charge < -0.3 is 19.5 Å². The molecule has 4 heterocycles. The molecular formula is C18H25IN8S. The fourth-order valence-corrected chi connectivity index (χ4v) is 4.00. The fourth-order valence-electron chi connectivity index (χ4n) is 3.20. The third kappa shape index (κ3) is 4.54. The molecule has 0 bridgehead atoms. The lowest BCUT2D eigenvalue weighted by Gasteiger charge is -2.36. The number of aliphatic imine (C=N–C) groups is 1. The van der Waals surface area contributed by atoms with E-state index in [0.717, 1.165) is 60.9 Å². The van der Waals surface area contributed by atoms with Gasteiger partial charge in [-0.2, -0.15) is 4.37 Å². The Morgan fingerprint density at radius 2 is 2.04 bits per heavy atom. The third-order valence-electron chi connectivity index (χ3n) is 4.68. The first-order valence-electron chi connectivity index (χ1n) is 9.22. The molecule has 1 saturated heterocycles. The average molecular weight is 512 g/mol. The molecule has 0 amide bonds. The van der Waals surface area contributed by atoms with Crippen molar-refractivity contribution in [2.24, 2.45) is 4.99 Å². The summed E-state index contributed by atoms with van der Waals surface area (Å²) in [5.41, 5.74) is 1.96. The van der Waals surface area contributed by atoms with Crippen LogP contribution in [0.4, 0.5) is 5.13 Å². The van der Waals surface area contributed by atoms with Crippen LogP contribution in [0.15, 0.2) is 35.6 Å². The van der Waals surface area contributed by atoms with E-state index >= 15 is 0 Å². The van der Waals surface area contributed by atoms with Gasteiger partial charge >= 0.3 is 0 Å². The molecule has 3 aromatic rings. The molecule has 8 nitrogen and oxygen atoms in total. The van der Waals surface area contributed by atoms with Gasteiger partial charge in [0, 0.05) is 63.6 Å². The van der Waals surface area contributed by atoms with Crippen molar-refractivity contribution in [1.29, 1.82) is 0 Å². The average Bonchev–Trinajstić information content (AvgIpc) is 3.35. The molecule has 10 heteroatoms. The zero-order valence-electron chi connectivity index (χ0n) is 16.1. The number of hydrogen-bond donors (Lipinski definition) is 1. The van der Waals surface area contributed by atoms with Gasteiger partial charge in [-0.25, -0.2) is 9.97 Å². The Balaban J connectivity index is 0.00000225. The van der Waals surface area contributed by atoms with Gasteiger partial charge in [-0.15, -0.1) is 24.0 Å². The molecule has 0 unspecified atom stereocenters. The van der Waals surface area contributed by atoms with Crippen LogP contribution in [0.5, 0.6) is 0 Å². The van der Waals surface area contributed by atoms with E-state index in [1.165, 1.54) is 11.5 Å². The number of fused-ring (bicyclic) bond motifs is 1. The predicted molar refractivity (Wildman–Crippen MR) is 124 cm³/mol. The number of rotatable bonds is 4. The van der Waals surface area contributed by atoms with Gasteiger partial charge in [0.25, 0.3) is 0 Å². The largest absolute Gasteiger partial charge is 0.351 e. The molecule has 1 aliphatic rings. The Morgan fingerprint density at radius 3 is 2.71 bits per heavy atom. The van der Waals surface area contributed by atoms with Crippen molar-refractivity contribution in [3.63, 3.8) is 0 Å². The van der Waals surface area contributed by atoms with Crippen molar-refractivity contribution >= 4 is 52.2 Å². The normalized spacial score (nSPS) is 15.0. The van der Waals surface area contributed by atoms with E-state index in [1.54, 1.807) is 0 Å². The lowest BCUT2D eigenvalue weighted by Crippen LogP contribution is -2.52. The highest BCUT2D eigenvalue weighted by molar-refractivity contribution is 14.0. The lowest BCUT2D eigenvalue weighted by molar-refractivity contribution is 0.372. The summed E-state index contributed by atoms with van der Waals surface area (Å²) in [7, 11) is 1.83. The maximum absolute atomic E-state index is 4.63. The van der Waals surface area contributed by atoms with Crippen molar-refractivity contribution in [1.82, 2.24) is 29.0 Å². The first kappa shape index (κ1) is 20.8. The Morgan fingerprint density at radius 1 is 1.21 bits per heavy atom. The van der Waals surface area contributed by atoms with Gasteiger partial charge in [0.2, 0.25) is 5.13 Å². The summed E-state index contributed by atoms with van der Waals surface area (Å²) in [5.74, 6) is 1.85. The van der Waals surface area contributed by atoms with E-state index in [-0.39, 0.29) is 24.0 Å². The maximum Gasteiger partial charge on any atom is 0.205 e. The van der Waals surface area contributed by atoms with Crippen molar-refractivity contribution in [2.45, 2.75) is 19.9 Å². The van der Waals surface area contributed by atoms with Crippen LogP contribution in [-0.4, -0.2) is 62.8 Å². The first-order valence-corrected chi connectivity index (χ1v) is 10.00. The van der Waals surface area contributed by atoms with Crippen LogP contribution >= 0.6 is 35.5 Å². The third-order valence-corrected chi connectivity index (χ3v) is 5.49. The molecule has 0 aliphatic carbocycles. The van der Waals surface area contributed by atoms with Crippen LogP contribution in [0, 0.1) is 0 Å². The van der Waals surface area contributed by atoms with E-state index in [2.05, 4.69) is 41.4 Å². The van der Waals surface area contributed by atoms with Gasteiger partial charge in [-0.1, -0.05) is 13.0 Å². The minimum atomic E-state index is 0. The van der Waals surface area contributed by atoms with Crippen LogP contribution in [0.1, 0.15) is 18.4 Å². The number of aromatic nitrogens is 4. The molecule has 4 rings (SSSR count). The molecule has 1 N–H and O–H groups in total. The topological polar surface area (TPSA) is 74.0 Å². The second-order valence-corrected chi connectivity index (χ2v) is 7.15. The molecule has 28 heavy (non-hydrogen) atoms. The zero-order valence-corrected chi connectivity index (χ0v) is 19.2. The summed E-state index contributed by atoms with van der Waals surface area (Å²) in [6.07, 6.45) is 4.95. The molecule has 0 spiro atoms. The summed E-state index contributed by atoms with van der Waals surface area (Å²) in [4.78, 5) is 18.3. The number of piperazine rings is 1. The highest BCUT2D eigenvalue weighted by atomic mass is 127. The van der Waals surface area contributed by atoms with Gasteiger partial charge in [0.15, 0.2) is 5.96 Å². The fraction of sp³-hybridized carbons (Fsp3) is 0.444. The Bertz CT molecular complexity index is 895. The highest BCUT2D eigenvalue weighted by Gasteiger charge is 2.22. The lowest BCUT2D eigenvalue weighted by atomic mass is 10.3. The van der Waals surface area contributed by atoms with Crippen LogP contribution in [-0.2, 0) is 13.0 Å². The maximum atomic E-state index is 4.63. The summed E-state index contributed by atoms with van der Waals surface area (Å²) in [6, 6.07) is 6.01. The van der Waals surface area contributed by atoms with Gasteiger partial charge in [0.05, 0.1) is 12.2 Å². The number of hydrogen-bond acceptors (Lipinski definition) is 6. The number of halogens is 1. The number of nitrogens with one attached hydrogen (secondary N) is 1. The van der Waals surface area contributed by atoms with E-state index in [9.17, 15) is 0 Å². The summed E-state index contributed by atoms with van der Waals surface area (Å²) in [5, 5.41) is 4.47. The van der Waals surface area contributed by atoms with Gasteiger partial charge in [0.1, 0.15) is 11.5 Å². The minimum Gasteiger partial charge on any atom is -0.351 e. The van der Waals surface area contributed by atoms with Crippen molar-refractivity contribution in [2.75, 3.05) is 38.1 Å². The standard InChI is InChI=1S/C18H24N8S.HI/c1-3-15-22-18(27-23-15)25-10-8-24(9-11-25)17(19-2)20-12-14-13-26-7-5-4-6-16(26)21-14;/h4-7,13H,3,8-12H2,1-2H3,(H,19,20);1H. The molecule has 0 saturated carbocycles.